The maximum atomic E-state index is 12.6. The number of ether oxygens (including phenoxy) is 2. The maximum Gasteiger partial charge on any atom is 0.259 e. The van der Waals surface area contributed by atoms with Gasteiger partial charge in [-0.1, -0.05) is 18.2 Å². The Balaban J connectivity index is 2.15. The van der Waals surface area contributed by atoms with Crippen LogP contribution in [0.4, 0.5) is 11.4 Å². The molecule has 0 atom stereocenters. The fourth-order valence-corrected chi connectivity index (χ4v) is 2.19. The van der Waals surface area contributed by atoms with E-state index in [0.717, 1.165) is 0 Å². The van der Waals surface area contributed by atoms with Gasteiger partial charge in [0.2, 0.25) is 5.91 Å². The Morgan fingerprint density at radius 3 is 2.56 bits per heavy atom. The highest BCUT2D eigenvalue weighted by Gasteiger charge is 2.13. The smallest absolute Gasteiger partial charge is 0.259 e. The van der Waals surface area contributed by atoms with Gasteiger partial charge in [0.15, 0.2) is 0 Å². The van der Waals surface area contributed by atoms with Crippen LogP contribution in [0.1, 0.15) is 17.3 Å². The van der Waals surface area contributed by atoms with Crippen LogP contribution in [0.15, 0.2) is 48.5 Å². The molecule has 0 unspecified atom stereocenters. The molecule has 25 heavy (non-hydrogen) atoms. The van der Waals surface area contributed by atoms with E-state index in [9.17, 15) is 9.59 Å². The first-order valence-electron chi connectivity index (χ1n) is 7.89. The van der Waals surface area contributed by atoms with Crippen LogP contribution in [0.5, 0.6) is 5.75 Å². The molecule has 2 rings (SSSR count). The molecule has 6 heteroatoms. The molecule has 0 aliphatic carbocycles. The van der Waals surface area contributed by atoms with E-state index in [4.69, 9.17) is 9.47 Å². The first kappa shape index (κ1) is 18.5. The number of benzene rings is 2. The number of rotatable bonds is 7. The summed E-state index contributed by atoms with van der Waals surface area (Å²) >= 11 is 0. The zero-order valence-electron chi connectivity index (χ0n) is 14.6. The van der Waals surface area contributed by atoms with Crippen molar-refractivity contribution in [3.63, 3.8) is 0 Å². The lowest BCUT2D eigenvalue weighted by atomic mass is 10.1. The third-order valence-electron chi connectivity index (χ3n) is 3.64. The van der Waals surface area contributed by atoms with E-state index in [1.165, 1.54) is 11.8 Å². The molecule has 6 nitrogen and oxygen atoms in total. The van der Waals surface area contributed by atoms with Crippen LogP contribution in [-0.2, 0) is 9.53 Å². The molecular formula is C19H22N2O4. The lowest BCUT2D eigenvalue weighted by molar-refractivity contribution is -0.116. The van der Waals surface area contributed by atoms with Gasteiger partial charge in [0.1, 0.15) is 12.4 Å². The highest BCUT2D eigenvalue weighted by Crippen LogP contribution is 2.22. The van der Waals surface area contributed by atoms with Crippen molar-refractivity contribution < 1.29 is 19.1 Å². The average molecular weight is 342 g/mol. The normalized spacial score (nSPS) is 10.2. The zero-order valence-corrected chi connectivity index (χ0v) is 14.6. The molecule has 0 aromatic heterocycles. The van der Waals surface area contributed by atoms with Crippen molar-refractivity contribution in [3.8, 4) is 5.75 Å². The molecular weight excluding hydrogens is 320 g/mol. The SMILES string of the molecule is COCCOc1ccccc1C(=O)Nc1cccc(N(C)C(C)=O)c1. The molecule has 0 aliphatic heterocycles. The Bertz CT molecular complexity index is 746. The summed E-state index contributed by atoms with van der Waals surface area (Å²) in [5.41, 5.74) is 1.74. The Hall–Kier alpha value is -2.86. The molecule has 2 aromatic rings. The molecule has 0 saturated heterocycles. The number of hydrogen-bond donors (Lipinski definition) is 1. The van der Waals surface area contributed by atoms with Crippen molar-refractivity contribution in [2.75, 3.05) is 37.6 Å². The van der Waals surface area contributed by atoms with Gasteiger partial charge < -0.3 is 19.7 Å². The van der Waals surface area contributed by atoms with Crippen LogP contribution in [0, 0.1) is 0 Å². The van der Waals surface area contributed by atoms with E-state index >= 15 is 0 Å². The fraction of sp³-hybridized carbons (Fsp3) is 0.263. The highest BCUT2D eigenvalue weighted by molar-refractivity contribution is 6.06. The van der Waals surface area contributed by atoms with Gasteiger partial charge in [-0.25, -0.2) is 0 Å². The van der Waals surface area contributed by atoms with Gasteiger partial charge in [0, 0.05) is 32.5 Å². The summed E-state index contributed by atoms with van der Waals surface area (Å²) in [5, 5.41) is 2.84. The fourth-order valence-electron chi connectivity index (χ4n) is 2.19. The standard InChI is InChI=1S/C19H22N2O4/c1-14(22)21(2)16-8-6-7-15(13-16)20-19(23)17-9-4-5-10-18(17)25-12-11-24-3/h4-10,13H,11-12H2,1-3H3,(H,20,23). The van der Waals surface area contributed by atoms with Gasteiger partial charge in [-0.05, 0) is 30.3 Å². The Morgan fingerprint density at radius 1 is 1.08 bits per heavy atom. The number of carbonyl (C=O) groups excluding carboxylic acids is 2. The first-order chi connectivity index (χ1) is 12.0. The zero-order chi connectivity index (χ0) is 18.2. The first-order valence-corrected chi connectivity index (χ1v) is 7.89. The van der Waals surface area contributed by atoms with Gasteiger partial charge in [-0.2, -0.15) is 0 Å². The predicted octanol–water partition coefficient (Wildman–Crippen LogP) is 2.95. The van der Waals surface area contributed by atoms with Gasteiger partial charge in [0.05, 0.1) is 12.2 Å². The second-order valence-electron chi connectivity index (χ2n) is 5.42. The summed E-state index contributed by atoms with van der Waals surface area (Å²) in [6, 6.07) is 14.1. The predicted molar refractivity (Wildman–Crippen MR) is 97.3 cm³/mol. The largest absolute Gasteiger partial charge is 0.490 e. The maximum absolute atomic E-state index is 12.6. The molecule has 0 saturated carbocycles. The van der Waals surface area contributed by atoms with Crippen LogP contribution in [0.2, 0.25) is 0 Å². The minimum atomic E-state index is -0.282. The summed E-state index contributed by atoms with van der Waals surface area (Å²) in [4.78, 5) is 25.6. The molecule has 2 aromatic carbocycles. The van der Waals surface area contributed by atoms with E-state index < -0.39 is 0 Å². The number of para-hydroxylation sites is 1. The number of hydrogen-bond acceptors (Lipinski definition) is 4. The number of anilines is 2. The second-order valence-corrected chi connectivity index (χ2v) is 5.42. The van der Waals surface area contributed by atoms with Crippen molar-refractivity contribution in [2.24, 2.45) is 0 Å². The van der Waals surface area contributed by atoms with Crippen molar-refractivity contribution >= 4 is 23.2 Å². The van der Waals surface area contributed by atoms with E-state index in [1.54, 1.807) is 62.7 Å². The molecule has 0 fully saturated rings. The summed E-state index contributed by atoms with van der Waals surface area (Å²) in [7, 11) is 3.27. The lowest BCUT2D eigenvalue weighted by Gasteiger charge is -2.16. The van der Waals surface area contributed by atoms with E-state index in [-0.39, 0.29) is 11.8 Å². The van der Waals surface area contributed by atoms with Crippen molar-refractivity contribution in [1.29, 1.82) is 0 Å². The quantitative estimate of drug-likeness (QED) is 0.786. The van der Waals surface area contributed by atoms with Crippen LogP contribution in [0.3, 0.4) is 0 Å². The molecule has 0 spiro atoms. The summed E-state index contributed by atoms with van der Waals surface area (Å²) in [6.07, 6.45) is 0. The molecule has 0 radical (unpaired) electrons. The van der Waals surface area contributed by atoms with Gasteiger partial charge >= 0.3 is 0 Å². The van der Waals surface area contributed by atoms with Crippen molar-refractivity contribution in [1.82, 2.24) is 0 Å². The number of amides is 2. The summed E-state index contributed by atoms with van der Waals surface area (Å²) in [6.45, 7) is 2.29. The van der Waals surface area contributed by atoms with Crippen LogP contribution in [0.25, 0.3) is 0 Å². The van der Waals surface area contributed by atoms with Crippen LogP contribution in [-0.4, -0.2) is 39.2 Å². The number of nitrogens with one attached hydrogen (secondary N) is 1. The summed E-state index contributed by atoms with van der Waals surface area (Å²) < 4.78 is 10.5. The third-order valence-corrected chi connectivity index (χ3v) is 3.64. The molecule has 2 amide bonds. The van der Waals surface area contributed by atoms with E-state index in [1.807, 2.05) is 0 Å². The molecule has 0 bridgehead atoms. The molecule has 0 heterocycles. The van der Waals surface area contributed by atoms with Gasteiger partial charge in [0.25, 0.3) is 5.91 Å². The van der Waals surface area contributed by atoms with E-state index in [2.05, 4.69) is 5.32 Å². The molecule has 1 N–H and O–H groups in total. The molecule has 132 valence electrons. The average Bonchev–Trinajstić information content (AvgIpc) is 2.61. The van der Waals surface area contributed by atoms with E-state index in [0.29, 0.717) is 35.9 Å². The number of carbonyl (C=O) groups is 2. The monoisotopic (exact) mass is 342 g/mol. The highest BCUT2D eigenvalue weighted by atomic mass is 16.5. The number of methoxy groups -OCH3 is 1. The van der Waals surface area contributed by atoms with Crippen molar-refractivity contribution in [3.05, 3.63) is 54.1 Å². The Morgan fingerprint density at radius 2 is 1.84 bits per heavy atom. The molecule has 0 aliphatic rings. The Kier molecular flexibility index (Phi) is 6.54. The van der Waals surface area contributed by atoms with Crippen LogP contribution >= 0.6 is 0 Å². The van der Waals surface area contributed by atoms with Crippen LogP contribution < -0.4 is 15.0 Å². The number of nitrogens with zero attached hydrogens (tertiary/aromatic N) is 1. The Labute approximate surface area is 147 Å². The lowest BCUT2D eigenvalue weighted by Crippen LogP contribution is -2.23. The summed E-state index contributed by atoms with van der Waals surface area (Å²) in [5.74, 6) is 0.130. The minimum absolute atomic E-state index is 0.0830. The minimum Gasteiger partial charge on any atom is -0.490 e. The second kappa shape index (κ2) is 8.84. The van der Waals surface area contributed by atoms with Gasteiger partial charge in [-0.3, -0.25) is 9.59 Å². The third kappa shape index (κ3) is 5.06. The topological polar surface area (TPSA) is 67.9 Å². The van der Waals surface area contributed by atoms with Crippen molar-refractivity contribution in [2.45, 2.75) is 6.92 Å². The van der Waals surface area contributed by atoms with Gasteiger partial charge in [-0.15, -0.1) is 0 Å².